The molecule has 0 unspecified atom stereocenters. The second-order valence-electron chi connectivity index (χ2n) is 3.79. The van der Waals surface area contributed by atoms with E-state index < -0.39 is 5.60 Å². The van der Waals surface area contributed by atoms with Gasteiger partial charge in [-0.1, -0.05) is 25.4 Å². The Balaban J connectivity index is 2.67. The molecule has 1 aromatic rings. The van der Waals surface area contributed by atoms with Crippen LogP contribution in [0.4, 0.5) is 0 Å². The molecule has 1 rings (SSSR count). The lowest BCUT2D eigenvalue weighted by Gasteiger charge is -2.25. The largest absolute Gasteiger partial charge is 0.489 e. The summed E-state index contributed by atoms with van der Waals surface area (Å²) < 4.78 is 6.38. The summed E-state index contributed by atoms with van der Waals surface area (Å²) in [6.45, 7) is 4.19. The second-order valence-corrected chi connectivity index (χ2v) is 5.09. The van der Waals surface area contributed by atoms with Gasteiger partial charge >= 0.3 is 0 Å². The Bertz CT molecular complexity index is 351. The van der Waals surface area contributed by atoms with Crippen molar-refractivity contribution in [1.82, 2.24) is 0 Å². The first kappa shape index (κ1) is 13.8. The van der Waals surface area contributed by atoms with Gasteiger partial charge in [0, 0.05) is 5.02 Å². The minimum Gasteiger partial charge on any atom is -0.489 e. The number of hydrogen-bond donors (Lipinski definition) is 1. The summed E-state index contributed by atoms with van der Waals surface area (Å²) in [4.78, 5) is 0. The lowest BCUT2D eigenvalue weighted by Crippen LogP contribution is -2.34. The van der Waals surface area contributed by atoms with Crippen molar-refractivity contribution in [2.24, 2.45) is 0 Å². The zero-order valence-electron chi connectivity index (χ0n) is 9.46. The molecule has 0 heterocycles. The van der Waals surface area contributed by atoms with Crippen LogP contribution >= 0.6 is 27.5 Å². The smallest absolute Gasteiger partial charge is 0.133 e. The Labute approximate surface area is 110 Å². The van der Waals surface area contributed by atoms with Crippen LogP contribution in [0.3, 0.4) is 0 Å². The normalized spacial score (nSPS) is 11.6. The third kappa shape index (κ3) is 3.65. The molecule has 0 saturated carbocycles. The summed E-state index contributed by atoms with van der Waals surface area (Å²) in [6, 6.07) is 5.32. The van der Waals surface area contributed by atoms with E-state index in [-0.39, 0.29) is 0 Å². The lowest BCUT2D eigenvalue weighted by atomic mass is 9.99. The molecule has 0 amide bonds. The zero-order chi connectivity index (χ0) is 12.2. The van der Waals surface area contributed by atoms with Crippen LogP contribution < -0.4 is 4.74 Å². The maximum atomic E-state index is 10.1. The van der Waals surface area contributed by atoms with Gasteiger partial charge in [-0.25, -0.2) is 0 Å². The molecule has 0 aromatic heterocycles. The average molecular weight is 308 g/mol. The fourth-order valence-electron chi connectivity index (χ4n) is 1.26. The van der Waals surface area contributed by atoms with Gasteiger partial charge in [-0.05, 0) is 47.0 Å². The van der Waals surface area contributed by atoms with Crippen LogP contribution in [0, 0.1) is 0 Å². The molecule has 4 heteroatoms. The lowest BCUT2D eigenvalue weighted by molar-refractivity contribution is -0.0115. The fourth-order valence-corrected chi connectivity index (χ4v) is 2.06. The van der Waals surface area contributed by atoms with Crippen LogP contribution in [0.15, 0.2) is 22.7 Å². The molecule has 0 aliphatic rings. The van der Waals surface area contributed by atoms with Crippen molar-refractivity contribution in [3.05, 3.63) is 27.7 Å². The molecule has 2 nitrogen and oxygen atoms in total. The van der Waals surface area contributed by atoms with Gasteiger partial charge in [-0.3, -0.25) is 0 Å². The molecule has 0 saturated heterocycles. The summed E-state index contributed by atoms with van der Waals surface area (Å²) >= 11 is 9.19. The van der Waals surface area contributed by atoms with Gasteiger partial charge in [0.1, 0.15) is 12.4 Å². The van der Waals surface area contributed by atoms with Gasteiger partial charge in [0.05, 0.1) is 10.1 Å². The topological polar surface area (TPSA) is 29.5 Å². The van der Waals surface area contributed by atoms with E-state index in [2.05, 4.69) is 15.9 Å². The Morgan fingerprint density at radius 3 is 2.50 bits per heavy atom. The summed E-state index contributed by atoms with van der Waals surface area (Å²) in [5.74, 6) is 0.699. The van der Waals surface area contributed by atoms with Crippen LogP contribution in [0.5, 0.6) is 5.75 Å². The molecular weight excluding hydrogens is 291 g/mol. The number of halogens is 2. The fraction of sp³-hybridized carbons (Fsp3) is 0.500. The molecule has 90 valence electrons. The van der Waals surface area contributed by atoms with Crippen LogP contribution in [-0.2, 0) is 0 Å². The van der Waals surface area contributed by atoms with E-state index >= 15 is 0 Å². The van der Waals surface area contributed by atoms with Crippen LogP contribution in [-0.4, -0.2) is 17.3 Å². The van der Waals surface area contributed by atoms with Gasteiger partial charge in [0.2, 0.25) is 0 Å². The monoisotopic (exact) mass is 306 g/mol. The predicted molar refractivity (Wildman–Crippen MR) is 70.2 cm³/mol. The maximum Gasteiger partial charge on any atom is 0.133 e. The summed E-state index contributed by atoms with van der Waals surface area (Å²) in [7, 11) is 0. The van der Waals surface area contributed by atoms with Gasteiger partial charge in [-0.2, -0.15) is 0 Å². The van der Waals surface area contributed by atoms with Crippen molar-refractivity contribution in [2.45, 2.75) is 32.3 Å². The van der Waals surface area contributed by atoms with Crippen molar-refractivity contribution < 1.29 is 9.84 Å². The van der Waals surface area contributed by atoms with Gasteiger partial charge in [0.15, 0.2) is 0 Å². The Morgan fingerprint density at radius 2 is 2.00 bits per heavy atom. The molecule has 0 atom stereocenters. The van der Waals surface area contributed by atoms with Crippen molar-refractivity contribution in [1.29, 1.82) is 0 Å². The molecule has 0 aliphatic heterocycles. The molecular formula is C12H16BrClO2. The molecule has 0 radical (unpaired) electrons. The summed E-state index contributed by atoms with van der Waals surface area (Å²) in [6.07, 6.45) is 1.35. The van der Waals surface area contributed by atoms with Crippen molar-refractivity contribution >= 4 is 27.5 Å². The minimum atomic E-state index is -0.751. The minimum absolute atomic E-state index is 0.292. The van der Waals surface area contributed by atoms with Crippen molar-refractivity contribution in [3.63, 3.8) is 0 Å². The van der Waals surface area contributed by atoms with Crippen molar-refractivity contribution in [3.8, 4) is 5.75 Å². The highest BCUT2D eigenvalue weighted by Crippen LogP contribution is 2.29. The van der Waals surface area contributed by atoms with Crippen LogP contribution in [0.25, 0.3) is 0 Å². The van der Waals surface area contributed by atoms with Gasteiger partial charge < -0.3 is 9.84 Å². The van der Waals surface area contributed by atoms with E-state index in [1.165, 1.54) is 0 Å². The number of rotatable bonds is 5. The van der Waals surface area contributed by atoms with E-state index in [1.807, 2.05) is 13.8 Å². The highest BCUT2D eigenvalue weighted by atomic mass is 79.9. The quantitative estimate of drug-likeness (QED) is 0.890. The third-order valence-corrected chi connectivity index (χ3v) is 3.56. The molecule has 16 heavy (non-hydrogen) atoms. The number of hydrogen-bond acceptors (Lipinski definition) is 2. The standard InChI is InChI=1S/C12H16BrClO2/c1-3-12(15,4-2)8-16-11-6-5-9(14)7-10(11)13/h5-7,15H,3-4,8H2,1-2H3. The van der Waals surface area contributed by atoms with E-state index in [1.54, 1.807) is 18.2 Å². The molecule has 0 bridgehead atoms. The highest BCUT2D eigenvalue weighted by Gasteiger charge is 2.23. The molecule has 0 spiro atoms. The van der Waals surface area contributed by atoms with Crippen LogP contribution in [0.1, 0.15) is 26.7 Å². The number of aliphatic hydroxyl groups is 1. The SMILES string of the molecule is CCC(O)(CC)COc1ccc(Cl)cc1Br. The van der Waals surface area contributed by atoms with E-state index in [9.17, 15) is 5.11 Å². The Morgan fingerprint density at radius 1 is 1.38 bits per heavy atom. The number of benzene rings is 1. The van der Waals surface area contributed by atoms with Gasteiger partial charge in [0.25, 0.3) is 0 Å². The van der Waals surface area contributed by atoms with E-state index in [4.69, 9.17) is 16.3 Å². The second kappa shape index (κ2) is 5.89. The molecule has 0 aliphatic carbocycles. The van der Waals surface area contributed by atoms with E-state index in [0.717, 1.165) is 4.47 Å². The maximum absolute atomic E-state index is 10.1. The van der Waals surface area contributed by atoms with Crippen LogP contribution in [0.2, 0.25) is 5.02 Å². The molecule has 0 fully saturated rings. The zero-order valence-corrected chi connectivity index (χ0v) is 11.8. The number of ether oxygens (including phenoxy) is 1. The Kier molecular flexibility index (Phi) is 5.09. The molecule has 1 aromatic carbocycles. The van der Waals surface area contributed by atoms with Crippen molar-refractivity contribution in [2.75, 3.05) is 6.61 Å². The first-order chi connectivity index (χ1) is 7.50. The third-order valence-electron chi connectivity index (χ3n) is 2.71. The first-order valence-corrected chi connectivity index (χ1v) is 6.48. The molecule has 1 N–H and O–H groups in total. The first-order valence-electron chi connectivity index (χ1n) is 5.31. The van der Waals surface area contributed by atoms with Gasteiger partial charge in [-0.15, -0.1) is 0 Å². The van der Waals surface area contributed by atoms with E-state index in [0.29, 0.717) is 30.2 Å². The highest BCUT2D eigenvalue weighted by molar-refractivity contribution is 9.10. The summed E-state index contributed by atoms with van der Waals surface area (Å²) in [5.41, 5.74) is -0.751. The Hall–Kier alpha value is -0.250. The average Bonchev–Trinajstić information content (AvgIpc) is 2.27. The summed E-state index contributed by atoms with van der Waals surface area (Å²) in [5, 5.41) is 10.7. The predicted octanol–water partition coefficient (Wildman–Crippen LogP) is 4.03.